The first-order valence-corrected chi connectivity index (χ1v) is 10.5. The van der Waals surface area contributed by atoms with Crippen molar-refractivity contribution in [3.8, 4) is 5.75 Å². The fraction of sp³-hybridized carbons (Fsp3) is 0.350. The summed E-state index contributed by atoms with van der Waals surface area (Å²) in [5.41, 5.74) is 0.294. The Hall–Kier alpha value is -2.38. The minimum Gasteiger partial charge on any atom is -0.492 e. The number of ether oxygens (including phenoxy) is 1. The monoisotopic (exact) mass is 390 g/mol. The summed E-state index contributed by atoms with van der Waals surface area (Å²) in [7, 11) is -3.66. The average molecular weight is 391 g/mol. The van der Waals surface area contributed by atoms with E-state index in [0.717, 1.165) is 5.75 Å². The Morgan fingerprint density at radius 3 is 2.41 bits per heavy atom. The summed E-state index contributed by atoms with van der Waals surface area (Å²) in [5, 5.41) is 2.73. The maximum atomic E-state index is 12.5. The third kappa shape index (κ3) is 6.37. The number of para-hydroxylation sites is 1. The summed E-state index contributed by atoms with van der Waals surface area (Å²) in [6, 6.07) is 15.2. The van der Waals surface area contributed by atoms with Crippen molar-refractivity contribution in [1.29, 1.82) is 0 Å². The first-order valence-electron chi connectivity index (χ1n) is 9.04. The van der Waals surface area contributed by atoms with Crippen molar-refractivity contribution >= 4 is 15.9 Å². The van der Waals surface area contributed by atoms with Gasteiger partial charge in [-0.3, -0.25) is 4.79 Å². The number of carbonyl (C=O) groups excluding carboxylic acids is 1. The molecule has 1 amide bonds. The number of rotatable bonds is 10. The first kappa shape index (κ1) is 20.9. The Labute approximate surface area is 161 Å². The van der Waals surface area contributed by atoms with Crippen molar-refractivity contribution in [3.63, 3.8) is 0 Å². The fourth-order valence-corrected chi connectivity index (χ4v) is 3.95. The zero-order chi connectivity index (χ0) is 19.7. The molecule has 2 N–H and O–H groups in total. The second kappa shape index (κ2) is 10.1. The molecule has 0 heterocycles. The lowest BCUT2D eigenvalue weighted by Crippen LogP contribution is -2.34. The van der Waals surface area contributed by atoms with Crippen LogP contribution in [0.2, 0.25) is 0 Å². The van der Waals surface area contributed by atoms with Gasteiger partial charge in [0.25, 0.3) is 5.91 Å². The van der Waals surface area contributed by atoms with Gasteiger partial charge in [-0.25, -0.2) is 13.1 Å². The molecule has 2 rings (SSSR count). The molecule has 0 spiro atoms. The van der Waals surface area contributed by atoms with E-state index >= 15 is 0 Å². The molecular weight excluding hydrogens is 364 g/mol. The SMILES string of the molecule is CCC(CC)NS(=O)(=O)c1cccc(C(=O)NCCOc2ccccc2)c1. The Kier molecular flexibility index (Phi) is 7.82. The molecule has 146 valence electrons. The number of hydrogen-bond acceptors (Lipinski definition) is 4. The van der Waals surface area contributed by atoms with Gasteiger partial charge in [-0.2, -0.15) is 0 Å². The molecule has 0 aliphatic rings. The van der Waals surface area contributed by atoms with E-state index in [1.165, 1.54) is 12.1 Å². The minimum absolute atomic E-state index is 0.0857. The number of benzene rings is 2. The standard InChI is InChI=1S/C20H26N2O4S/c1-3-17(4-2)22-27(24,25)19-12-8-9-16(15-19)20(23)21-13-14-26-18-10-6-5-7-11-18/h5-12,15,17,22H,3-4,13-14H2,1-2H3,(H,21,23). The Morgan fingerprint density at radius 1 is 1.04 bits per heavy atom. The summed E-state index contributed by atoms with van der Waals surface area (Å²) < 4.78 is 33.2. The van der Waals surface area contributed by atoms with Crippen LogP contribution in [0, 0.1) is 0 Å². The first-order chi connectivity index (χ1) is 13.0. The molecule has 0 saturated carbocycles. The van der Waals surface area contributed by atoms with E-state index in [9.17, 15) is 13.2 Å². The quantitative estimate of drug-likeness (QED) is 0.611. The molecular formula is C20H26N2O4S. The van der Waals surface area contributed by atoms with Crippen molar-refractivity contribution < 1.29 is 17.9 Å². The topological polar surface area (TPSA) is 84.5 Å². The van der Waals surface area contributed by atoms with E-state index in [4.69, 9.17) is 4.74 Å². The van der Waals surface area contributed by atoms with Crippen molar-refractivity contribution in [2.75, 3.05) is 13.2 Å². The smallest absolute Gasteiger partial charge is 0.251 e. The number of nitrogens with one attached hydrogen (secondary N) is 2. The van der Waals surface area contributed by atoms with E-state index < -0.39 is 10.0 Å². The molecule has 0 aliphatic carbocycles. The summed E-state index contributed by atoms with van der Waals surface area (Å²) in [5.74, 6) is 0.388. The van der Waals surface area contributed by atoms with Gasteiger partial charge in [-0.05, 0) is 43.2 Å². The summed E-state index contributed by atoms with van der Waals surface area (Å²) >= 11 is 0. The zero-order valence-electron chi connectivity index (χ0n) is 15.6. The van der Waals surface area contributed by atoms with Gasteiger partial charge in [0.1, 0.15) is 12.4 Å². The summed E-state index contributed by atoms with van der Waals surface area (Å²) in [6.45, 7) is 4.50. The Balaban J connectivity index is 1.94. The molecule has 7 heteroatoms. The van der Waals surface area contributed by atoms with Gasteiger partial charge < -0.3 is 10.1 Å². The third-order valence-corrected chi connectivity index (χ3v) is 5.63. The van der Waals surface area contributed by atoms with Crippen LogP contribution in [0.1, 0.15) is 37.0 Å². The van der Waals surface area contributed by atoms with Crippen molar-refractivity contribution in [1.82, 2.24) is 10.0 Å². The highest BCUT2D eigenvalue weighted by atomic mass is 32.2. The summed E-state index contributed by atoms with van der Waals surface area (Å²) in [4.78, 5) is 12.4. The van der Waals surface area contributed by atoms with Gasteiger partial charge in [-0.1, -0.05) is 38.1 Å². The molecule has 0 aliphatic heterocycles. The lowest BCUT2D eigenvalue weighted by Gasteiger charge is -2.15. The van der Waals surface area contributed by atoms with Gasteiger partial charge >= 0.3 is 0 Å². The highest BCUT2D eigenvalue weighted by Crippen LogP contribution is 2.13. The van der Waals surface area contributed by atoms with Crippen LogP contribution in [0.5, 0.6) is 5.75 Å². The van der Waals surface area contributed by atoms with E-state index in [2.05, 4.69) is 10.0 Å². The maximum absolute atomic E-state index is 12.5. The van der Waals surface area contributed by atoms with Gasteiger partial charge in [0.05, 0.1) is 11.4 Å². The normalized spacial score (nSPS) is 11.4. The molecule has 0 radical (unpaired) electrons. The predicted octanol–water partition coefficient (Wildman–Crippen LogP) is 2.96. The predicted molar refractivity (Wildman–Crippen MR) is 105 cm³/mol. The number of hydrogen-bond donors (Lipinski definition) is 2. The van der Waals surface area contributed by atoms with E-state index in [1.54, 1.807) is 12.1 Å². The molecule has 27 heavy (non-hydrogen) atoms. The van der Waals surface area contributed by atoms with Crippen LogP contribution in [0.15, 0.2) is 59.5 Å². The second-order valence-electron chi connectivity index (χ2n) is 6.08. The van der Waals surface area contributed by atoms with Gasteiger partial charge in [0.2, 0.25) is 10.0 Å². The van der Waals surface area contributed by atoms with Crippen molar-refractivity contribution in [2.24, 2.45) is 0 Å². The highest BCUT2D eigenvalue weighted by Gasteiger charge is 2.19. The number of carbonyl (C=O) groups is 1. The maximum Gasteiger partial charge on any atom is 0.251 e. The van der Waals surface area contributed by atoms with Crippen molar-refractivity contribution in [3.05, 3.63) is 60.2 Å². The van der Waals surface area contributed by atoms with Crippen LogP contribution in [0.4, 0.5) is 0 Å². The van der Waals surface area contributed by atoms with Gasteiger partial charge in [0, 0.05) is 11.6 Å². The molecule has 0 fully saturated rings. The lowest BCUT2D eigenvalue weighted by molar-refractivity contribution is 0.0947. The zero-order valence-corrected chi connectivity index (χ0v) is 16.5. The van der Waals surface area contributed by atoms with Gasteiger partial charge in [-0.15, -0.1) is 0 Å². The molecule has 2 aromatic rings. The molecule has 6 nitrogen and oxygen atoms in total. The highest BCUT2D eigenvalue weighted by molar-refractivity contribution is 7.89. The lowest BCUT2D eigenvalue weighted by atomic mass is 10.2. The van der Waals surface area contributed by atoms with Crippen LogP contribution in [-0.2, 0) is 10.0 Å². The van der Waals surface area contributed by atoms with E-state index in [0.29, 0.717) is 31.6 Å². The largest absolute Gasteiger partial charge is 0.492 e. The van der Waals surface area contributed by atoms with Crippen LogP contribution < -0.4 is 14.8 Å². The van der Waals surface area contributed by atoms with E-state index in [-0.39, 0.29) is 16.8 Å². The molecule has 0 atom stereocenters. The van der Waals surface area contributed by atoms with Crippen LogP contribution in [-0.4, -0.2) is 33.5 Å². The van der Waals surface area contributed by atoms with Crippen LogP contribution in [0.3, 0.4) is 0 Å². The number of sulfonamides is 1. The Morgan fingerprint density at radius 2 is 1.74 bits per heavy atom. The van der Waals surface area contributed by atoms with Crippen molar-refractivity contribution in [2.45, 2.75) is 37.6 Å². The van der Waals surface area contributed by atoms with Gasteiger partial charge in [0.15, 0.2) is 0 Å². The molecule has 0 saturated heterocycles. The number of amides is 1. The van der Waals surface area contributed by atoms with Crippen LogP contribution >= 0.6 is 0 Å². The summed E-state index contributed by atoms with van der Waals surface area (Å²) in [6.07, 6.45) is 1.41. The molecule has 0 aromatic heterocycles. The Bertz CT molecular complexity index is 834. The minimum atomic E-state index is -3.66. The average Bonchev–Trinajstić information content (AvgIpc) is 2.70. The second-order valence-corrected chi connectivity index (χ2v) is 7.79. The molecule has 2 aromatic carbocycles. The van der Waals surface area contributed by atoms with Crippen LogP contribution in [0.25, 0.3) is 0 Å². The molecule has 0 unspecified atom stereocenters. The molecule has 0 bridgehead atoms. The van der Waals surface area contributed by atoms with E-state index in [1.807, 2.05) is 44.2 Å². The fourth-order valence-electron chi connectivity index (χ4n) is 2.50. The third-order valence-electron chi connectivity index (χ3n) is 4.11.